The highest BCUT2D eigenvalue weighted by Gasteiger charge is 2.33. The van der Waals surface area contributed by atoms with Gasteiger partial charge in [-0.1, -0.05) is 13.8 Å². The highest BCUT2D eigenvalue weighted by molar-refractivity contribution is 5.94. The lowest BCUT2D eigenvalue weighted by Crippen LogP contribution is -2.60. The van der Waals surface area contributed by atoms with Crippen LogP contribution in [0.4, 0.5) is 0 Å². The summed E-state index contributed by atoms with van der Waals surface area (Å²) in [4.78, 5) is 70.9. The maximum absolute atomic E-state index is 12.8. The molecule has 0 bridgehead atoms. The molecule has 34 heavy (non-hydrogen) atoms. The molecular formula is C20H35N5O9. The minimum absolute atomic E-state index is 0.0760. The van der Waals surface area contributed by atoms with Crippen molar-refractivity contribution in [2.24, 2.45) is 17.4 Å². The van der Waals surface area contributed by atoms with Crippen molar-refractivity contribution in [3.8, 4) is 0 Å². The van der Waals surface area contributed by atoms with Crippen molar-refractivity contribution < 1.29 is 44.1 Å². The number of carbonyl (C=O) groups excluding carboxylic acids is 4. The molecule has 0 aromatic rings. The normalized spacial score (nSPS) is 15.4. The molecule has 0 fully saturated rings. The summed E-state index contributed by atoms with van der Waals surface area (Å²) >= 11 is 0. The van der Waals surface area contributed by atoms with Gasteiger partial charge in [0.05, 0.1) is 12.1 Å². The molecule has 5 unspecified atom stereocenters. The largest absolute Gasteiger partial charge is 0.481 e. The highest BCUT2D eigenvalue weighted by Crippen LogP contribution is 2.06. The van der Waals surface area contributed by atoms with Crippen molar-refractivity contribution in [2.75, 3.05) is 0 Å². The van der Waals surface area contributed by atoms with Gasteiger partial charge in [-0.05, 0) is 32.1 Å². The molecular weight excluding hydrogens is 454 g/mol. The van der Waals surface area contributed by atoms with E-state index in [1.165, 1.54) is 0 Å². The van der Waals surface area contributed by atoms with Gasteiger partial charge in [-0.15, -0.1) is 0 Å². The summed E-state index contributed by atoms with van der Waals surface area (Å²) in [5.74, 6) is -6.15. The molecule has 0 radical (unpaired) electrons. The molecule has 14 heteroatoms. The standard InChI is InChI=1S/C20H35N5O9/c1-9(2)8-11(21)17(30)23-12(5-7-15(28)29)18(31)25-16(10(3)26)19(32)24-13(20(33)34)4-6-14(22)27/h9-13,16,26H,4-8,21H2,1-3H3,(H2,22,27)(H,23,30)(H,24,32)(H,25,31)(H,28,29)(H,33,34). The van der Waals surface area contributed by atoms with Crippen molar-refractivity contribution in [3.05, 3.63) is 0 Å². The second-order valence-corrected chi connectivity index (χ2v) is 8.36. The lowest BCUT2D eigenvalue weighted by Gasteiger charge is -2.26. The van der Waals surface area contributed by atoms with Crippen molar-refractivity contribution in [3.63, 3.8) is 0 Å². The predicted octanol–water partition coefficient (Wildman–Crippen LogP) is -2.59. The fourth-order valence-electron chi connectivity index (χ4n) is 2.89. The predicted molar refractivity (Wildman–Crippen MR) is 118 cm³/mol. The number of nitrogens with one attached hydrogen (secondary N) is 3. The monoisotopic (exact) mass is 489 g/mol. The molecule has 4 amide bonds. The van der Waals surface area contributed by atoms with Gasteiger partial charge in [0.15, 0.2) is 0 Å². The Balaban J connectivity index is 5.48. The maximum atomic E-state index is 12.8. The van der Waals surface area contributed by atoms with Crippen molar-refractivity contribution in [1.29, 1.82) is 0 Å². The number of carboxylic acids is 2. The number of amides is 4. The van der Waals surface area contributed by atoms with Gasteiger partial charge in [0.1, 0.15) is 18.1 Å². The first-order chi connectivity index (χ1) is 15.6. The van der Waals surface area contributed by atoms with Crippen LogP contribution in [0.3, 0.4) is 0 Å². The van der Waals surface area contributed by atoms with Crippen LogP contribution in [0, 0.1) is 5.92 Å². The molecule has 0 aliphatic carbocycles. The number of primary amides is 1. The average Bonchev–Trinajstić information content (AvgIpc) is 2.70. The number of aliphatic hydroxyl groups excluding tert-OH is 1. The lowest BCUT2D eigenvalue weighted by molar-refractivity contribution is -0.143. The third kappa shape index (κ3) is 12.1. The smallest absolute Gasteiger partial charge is 0.326 e. The zero-order valence-electron chi connectivity index (χ0n) is 19.4. The molecule has 10 N–H and O–H groups in total. The molecule has 194 valence electrons. The van der Waals surface area contributed by atoms with E-state index in [9.17, 15) is 39.0 Å². The van der Waals surface area contributed by atoms with Gasteiger partial charge in [0, 0.05) is 12.8 Å². The molecule has 0 spiro atoms. The van der Waals surface area contributed by atoms with E-state index in [-0.39, 0.29) is 25.2 Å². The number of hydrogen-bond acceptors (Lipinski definition) is 8. The number of aliphatic hydroxyl groups is 1. The summed E-state index contributed by atoms with van der Waals surface area (Å²) in [6.45, 7) is 4.83. The number of carbonyl (C=O) groups is 6. The van der Waals surface area contributed by atoms with E-state index >= 15 is 0 Å². The van der Waals surface area contributed by atoms with Crippen LogP contribution in [0.2, 0.25) is 0 Å². The molecule has 0 saturated carbocycles. The minimum Gasteiger partial charge on any atom is -0.481 e. The van der Waals surface area contributed by atoms with E-state index < -0.39 is 72.3 Å². The molecule has 5 atom stereocenters. The second-order valence-electron chi connectivity index (χ2n) is 8.36. The number of nitrogens with two attached hydrogens (primary N) is 2. The number of carboxylic acid groups (broad SMARTS) is 2. The Hall–Kier alpha value is -3.26. The summed E-state index contributed by atoms with van der Waals surface area (Å²) in [6, 6.07) is -5.51. The summed E-state index contributed by atoms with van der Waals surface area (Å²) in [5, 5.41) is 34.8. The zero-order chi connectivity index (χ0) is 26.6. The average molecular weight is 490 g/mol. The molecule has 0 aliphatic heterocycles. The topological polar surface area (TPSA) is 251 Å². The quantitative estimate of drug-likeness (QED) is 0.112. The molecule has 0 saturated heterocycles. The fourth-order valence-corrected chi connectivity index (χ4v) is 2.89. The third-order valence-electron chi connectivity index (χ3n) is 4.70. The van der Waals surface area contributed by atoms with Gasteiger partial charge in [-0.2, -0.15) is 0 Å². The van der Waals surface area contributed by atoms with E-state index in [0.717, 1.165) is 6.92 Å². The Kier molecular flexibility index (Phi) is 13.4. The van der Waals surface area contributed by atoms with Crippen LogP contribution in [0.15, 0.2) is 0 Å². The molecule has 14 nitrogen and oxygen atoms in total. The Morgan fingerprint density at radius 2 is 1.32 bits per heavy atom. The van der Waals surface area contributed by atoms with E-state index in [0.29, 0.717) is 6.42 Å². The zero-order valence-corrected chi connectivity index (χ0v) is 19.4. The molecule has 0 heterocycles. The van der Waals surface area contributed by atoms with E-state index in [1.807, 2.05) is 13.8 Å². The molecule has 0 aromatic heterocycles. The number of aliphatic carboxylic acids is 2. The summed E-state index contributed by atoms with van der Waals surface area (Å²) in [5.41, 5.74) is 10.8. The van der Waals surface area contributed by atoms with Crippen LogP contribution in [-0.2, 0) is 28.8 Å². The number of rotatable bonds is 16. The van der Waals surface area contributed by atoms with Crippen LogP contribution in [0.1, 0.15) is 52.9 Å². The number of hydrogen-bond donors (Lipinski definition) is 8. The molecule has 0 aliphatic rings. The summed E-state index contributed by atoms with van der Waals surface area (Å²) in [7, 11) is 0. The summed E-state index contributed by atoms with van der Waals surface area (Å²) < 4.78 is 0. The maximum Gasteiger partial charge on any atom is 0.326 e. The first kappa shape index (κ1) is 30.7. The SMILES string of the molecule is CC(C)CC(N)C(=O)NC(CCC(=O)O)C(=O)NC(C(=O)NC(CCC(N)=O)C(=O)O)C(C)O. The van der Waals surface area contributed by atoms with E-state index in [2.05, 4.69) is 16.0 Å². The molecule has 0 aromatic carbocycles. The van der Waals surface area contributed by atoms with Crippen molar-refractivity contribution >= 4 is 35.6 Å². The minimum atomic E-state index is -1.64. The first-order valence-corrected chi connectivity index (χ1v) is 10.7. The van der Waals surface area contributed by atoms with Crippen LogP contribution in [-0.4, -0.2) is 81.2 Å². The Bertz CT molecular complexity index is 757. The highest BCUT2D eigenvalue weighted by atomic mass is 16.4. The van der Waals surface area contributed by atoms with Gasteiger partial charge in [0.25, 0.3) is 0 Å². The van der Waals surface area contributed by atoms with Gasteiger partial charge >= 0.3 is 11.9 Å². The van der Waals surface area contributed by atoms with Crippen LogP contribution in [0.25, 0.3) is 0 Å². The van der Waals surface area contributed by atoms with Crippen LogP contribution < -0.4 is 27.4 Å². The van der Waals surface area contributed by atoms with Gasteiger partial charge < -0.3 is 42.7 Å². The van der Waals surface area contributed by atoms with E-state index in [4.69, 9.17) is 16.6 Å². The van der Waals surface area contributed by atoms with Gasteiger partial charge in [-0.3, -0.25) is 24.0 Å². The van der Waals surface area contributed by atoms with Crippen LogP contribution in [0.5, 0.6) is 0 Å². The fraction of sp³-hybridized carbons (Fsp3) is 0.700. The lowest BCUT2D eigenvalue weighted by atomic mass is 10.0. The Morgan fingerprint density at radius 1 is 0.794 bits per heavy atom. The first-order valence-electron chi connectivity index (χ1n) is 10.7. The van der Waals surface area contributed by atoms with Gasteiger partial charge in [0.2, 0.25) is 23.6 Å². The Morgan fingerprint density at radius 3 is 1.76 bits per heavy atom. The van der Waals surface area contributed by atoms with Crippen molar-refractivity contribution in [2.45, 2.75) is 83.1 Å². The third-order valence-corrected chi connectivity index (χ3v) is 4.70. The van der Waals surface area contributed by atoms with Crippen molar-refractivity contribution in [1.82, 2.24) is 16.0 Å². The molecule has 0 rings (SSSR count). The van der Waals surface area contributed by atoms with E-state index in [1.54, 1.807) is 0 Å². The Labute approximate surface area is 196 Å². The second kappa shape index (κ2) is 14.8. The summed E-state index contributed by atoms with van der Waals surface area (Å²) in [6.07, 6.45) is -2.65. The van der Waals surface area contributed by atoms with Gasteiger partial charge in [-0.25, -0.2) is 4.79 Å². The van der Waals surface area contributed by atoms with Crippen LogP contribution >= 0.6 is 0 Å².